The minimum absolute atomic E-state index is 0.0256. The van der Waals surface area contributed by atoms with E-state index in [4.69, 9.17) is 16.3 Å². The Balaban J connectivity index is 2.60. The summed E-state index contributed by atoms with van der Waals surface area (Å²) in [5.41, 5.74) is 0.893. The van der Waals surface area contributed by atoms with Gasteiger partial charge in [-0.3, -0.25) is 9.59 Å². The second-order valence-corrected chi connectivity index (χ2v) is 5.29. The Morgan fingerprint density at radius 2 is 1.82 bits per heavy atom. The first-order valence-electron chi connectivity index (χ1n) is 7.14. The van der Waals surface area contributed by atoms with E-state index in [1.165, 1.54) is 7.11 Å². The average Bonchev–Trinajstić information content (AvgIpc) is 2.52. The van der Waals surface area contributed by atoms with Gasteiger partial charge in [-0.2, -0.15) is 0 Å². The highest BCUT2D eigenvalue weighted by Crippen LogP contribution is 2.11. The third kappa shape index (κ3) is 6.91. The van der Waals surface area contributed by atoms with Crippen molar-refractivity contribution in [2.45, 2.75) is 19.3 Å². The summed E-state index contributed by atoms with van der Waals surface area (Å²) in [6, 6.07) is 7.17. The summed E-state index contributed by atoms with van der Waals surface area (Å²) < 4.78 is 9.63. The number of methoxy groups -OCH3 is 2. The van der Waals surface area contributed by atoms with E-state index in [0.29, 0.717) is 24.7 Å². The summed E-state index contributed by atoms with van der Waals surface area (Å²) in [6.07, 6.45) is 1.20. The molecule has 0 aliphatic heterocycles. The summed E-state index contributed by atoms with van der Waals surface area (Å²) in [5, 5.41) is 0.638. The number of hydrogen-bond acceptors (Lipinski definition) is 4. The van der Waals surface area contributed by atoms with Crippen molar-refractivity contribution in [2.24, 2.45) is 0 Å². The lowest BCUT2D eigenvalue weighted by Crippen LogP contribution is -2.35. The maximum atomic E-state index is 12.4. The van der Waals surface area contributed by atoms with Crippen LogP contribution in [0.5, 0.6) is 0 Å². The zero-order valence-corrected chi connectivity index (χ0v) is 13.8. The largest absolute Gasteiger partial charge is 0.469 e. The molecule has 0 saturated heterocycles. The van der Waals surface area contributed by atoms with Gasteiger partial charge in [-0.25, -0.2) is 0 Å². The molecular formula is C16H22ClNO4. The number of halogens is 1. The van der Waals surface area contributed by atoms with Crippen LogP contribution in [0.15, 0.2) is 24.3 Å². The minimum Gasteiger partial charge on any atom is -0.469 e. The molecule has 0 bridgehead atoms. The van der Waals surface area contributed by atoms with E-state index in [2.05, 4.69) is 4.74 Å². The first kappa shape index (κ1) is 18.5. The normalized spacial score (nSPS) is 10.3. The number of benzene rings is 1. The third-order valence-electron chi connectivity index (χ3n) is 3.21. The minimum atomic E-state index is -0.323. The van der Waals surface area contributed by atoms with Crippen molar-refractivity contribution in [2.75, 3.05) is 33.9 Å². The molecule has 0 N–H and O–H groups in total. The predicted molar refractivity (Wildman–Crippen MR) is 84.9 cm³/mol. The van der Waals surface area contributed by atoms with Crippen LogP contribution in [0.1, 0.15) is 18.4 Å². The Kier molecular flexibility index (Phi) is 8.55. The number of nitrogens with zero attached hydrogens (tertiary/aromatic N) is 1. The molecular weight excluding hydrogens is 306 g/mol. The number of hydrogen-bond donors (Lipinski definition) is 0. The van der Waals surface area contributed by atoms with Crippen molar-refractivity contribution in [1.82, 2.24) is 4.90 Å². The monoisotopic (exact) mass is 327 g/mol. The Hall–Kier alpha value is -1.59. The first-order valence-corrected chi connectivity index (χ1v) is 7.52. The molecule has 0 fully saturated rings. The highest BCUT2D eigenvalue weighted by Gasteiger charge is 2.15. The average molecular weight is 328 g/mol. The standard InChI is InChI=1S/C16H22ClNO4/c1-21-11-3-9-18(10-8-16(20)22-2)15(19)12-13-4-6-14(17)7-5-13/h4-7H,3,8-12H2,1-2H3. The highest BCUT2D eigenvalue weighted by molar-refractivity contribution is 6.30. The number of esters is 1. The summed E-state index contributed by atoms with van der Waals surface area (Å²) in [4.78, 5) is 25.3. The second-order valence-electron chi connectivity index (χ2n) is 4.86. The number of carbonyl (C=O) groups excluding carboxylic acids is 2. The molecule has 0 unspecified atom stereocenters. The number of carbonyl (C=O) groups is 2. The van der Waals surface area contributed by atoms with Crippen molar-refractivity contribution in [3.63, 3.8) is 0 Å². The number of amides is 1. The SMILES string of the molecule is COCCCN(CCC(=O)OC)C(=O)Cc1ccc(Cl)cc1. The quantitative estimate of drug-likeness (QED) is 0.516. The zero-order chi connectivity index (χ0) is 16.4. The summed E-state index contributed by atoms with van der Waals surface area (Å²) in [7, 11) is 2.96. The van der Waals surface area contributed by atoms with E-state index in [1.807, 2.05) is 12.1 Å². The van der Waals surface area contributed by atoms with Gasteiger partial charge in [0.25, 0.3) is 0 Å². The number of rotatable bonds is 9. The molecule has 0 spiro atoms. The molecule has 0 atom stereocenters. The molecule has 0 radical (unpaired) electrons. The van der Waals surface area contributed by atoms with Gasteiger partial charge >= 0.3 is 5.97 Å². The molecule has 0 heterocycles. The second kappa shape index (κ2) is 10.2. The summed E-state index contributed by atoms with van der Waals surface area (Å²) >= 11 is 5.84. The van der Waals surface area contributed by atoms with Crippen LogP contribution in [0, 0.1) is 0 Å². The van der Waals surface area contributed by atoms with Gasteiger partial charge in [0, 0.05) is 31.8 Å². The van der Waals surface area contributed by atoms with Gasteiger partial charge < -0.3 is 14.4 Å². The molecule has 1 aromatic carbocycles. The molecule has 22 heavy (non-hydrogen) atoms. The van der Waals surface area contributed by atoms with Crippen molar-refractivity contribution in [3.8, 4) is 0 Å². The third-order valence-corrected chi connectivity index (χ3v) is 3.46. The fraction of sp³-hybridized carbons (Fsp3) is 0.500. The van der Waals surface area contributed by atoms with Crippen LogP contribution in [0.2, 0.25) is 5.02 Å². The van der Waals surface area contributed by atoms with Crippen molar-refractivity contribution < 1.29 is 19.1 Å². The molecule has 1 aromatic rings. The first-order chi connectivity index (χ1) is 10.6. The van der Waals surface area contributed by atoms with Crippen LogP contribution in [-0.4, -0.2) is 50.7 Å². The highest BCUT2D eigenvalue weighted by atomic mass is 35.5. The fourth-order valence-electron chi connectivity index (χ4n) is 1.98. The molecule has 1 rings (SSSR count). The molecule has 1 amide bonds. The van der Waals surface area contributed by atoms with Crippen LogP contribution >= 0.6 is 11.6 Å². The van der Waals surface area contributed by atoms with Crippen molar-refractivity contribution in [1.29, 1.82) is 0 Å². The van der Waals surface area contributed by atoms with Crippen LogP contribution in [0.25, 0.3) is 0 Å². The molecule has 0 aromatic heterocycles. The van der Waals surface area contributed by atoms with Crippen molar-refractivity contribution >= 4 is 23.5 Å². The Morgan fingerprint density at radius 1 is 1.14 bits per heavy atom. The van der Waals surface area contributed by atoms with Crippen LogP contribution in [-0.2, 0) is 25.5 Å². The van der Waals surface area contributed by atoms with Crippen LogP contribution in [0.4, 0.5) is 0 Å². The number of ether oxygens (including phenoxy) is 2. The van der Waals surface area contributed by atoms with E-state index in [-0.39, 0.29) is 24.7 Å². The van der Waals surface area contributed by atoms with E-state index in [1.54, 1.807) is 24.1 Å². The lowest BCUT2D eigenvalue weighted by molar-refractivity contribution is -0.141. The zero-order valence-electron chi connectivity index (χ0n) is 13.0. The molecule has 6 heteroatoms. The Labute approximate surface area is 136 Å². The lowest BCUT2D eigenvalue weighted by atomic mass is 10.1. The van der Waals surface area contributed by atoms with Crippen LogP contribution in [0.3, 0.4) is 0 Å². The molecule has 122 valence electrons. The van der Waals surface area contributed by atoms with Crippen molar-refractivity contribution in [3.05, 3.63) is 34.9 Å². The van der Waals surface area contributed by atoms with Gasteiger partial charge in [0.15, 0.2) is 0 Å². The fourth-order valence-corrected chi connectivity index (χ4v) is 2.10. The summed E-state index contributed by atoms with van der Waals surface area (Å²) in [5.74, 6) is -0.349. The van der Waals surface area contributed by atoms with Crippen LogP contribution < -0.4 is 0 Å². The molecule has 0 aliphatic carbocycles. The Bertz CT molecular complexity index is 476. The van der Waals surface area contributed by atoms with E-state index in [0.717, 1.165) is 12.0 Å². The maximum absolute atomic E-state index is 12.4. The molecule has 5 nitrogen and oxygen atoms in total. The van der Waals surface area contributed by atoms with Gasteiger partial charge in [0.1, 0.15) is 0 Å². The maximum Gasteiger partial charge on any atom is 0.307 e. The van der Waals surface area contributed by atoms with Gasteiger partial charge in [-0.1, -0.05) is 23.7 Å². The topological polar surface area (TPSA) is 55.8 Å². The van der Waals surface area contributed by atoms with Gasteiger partial charge in [0.2, 0.25) is 5.91 Å². The smallest absolute Gasteiger partial charge is 0.307 e. The van der Waals surface area contributed by atoms with E-state index >= 15 is 0 Å². The lowest BCUT2D eigenvalue weighted by Gasteiger charge is -2.22. The molecule has 0 saturated carbocycles. The summed E-state index contributed by atoms with van der Waals surface area (Å²) in [6.45, 7) is 1.48. The predicted octanol–water partition coefficient (Wildman–Crippen LogP) is 2.31. The van der Waals surface area contributed by atoms with E-state index in [9.17, 15) is 9.59 Å². The Morgan fingerprint density at radius 3 is 2.41 bits per heavy atom. The molecule has 0 aliphatic rings. The van der Waals surface area contributed by atoms with Gasteiger partial charge in [0.05, 0.1) is 20.0 Å². The van der Waals surface area contributed by atoms with Gasteiger partial charge in [-0.15, -0.1) is 0 Å². The van der Waals surface area contributed by atoms with Gasteiger partial charge in [-0.05, 0) is 24.1 Å². The van der Waals surface area contributed by atoms with E-state index < -0.39 is 0 Å².